The van der Waals surface area contributed by atoms with E-state index in [1.165, 1.54) is 0 Å². The fourth-order valence-electron chi connectivity index (χ4n) is 6.99. The highest BCUT2D eigenvalue weighted by molar-refractivity contribution is 6.99. The normalized spacial score (nSPS) is 26.8. The van der Waals surface area contributed by atoms with Crippen LogP contribution in [-0.2, 0) is 32.7 Å². The Bertz CT molecular complexity index is 1460. The molecule has 3 saturated heterocycles. The van der Waals surface area contributed by atoms with E-state index in [0.29, 0.717) is 12.0 Å². The van der Waals surface area contributed by atoms with E-state index in [4.69, 9.17) is 23.1 Å². The summed E-state index contributed by atoms with van der Waals surface area (Å²) in [6, 6.07) is 20.5. The molecule has 0 aliphatic carbocycles. The molecule has 0 saturated carbocycles. The Labute approximate surface area is 289 Å². The number of amides is 1. The summed E-state index contributed by atoms with van der Waals surface area (Å²) < 4.78 is 33.2. The van der Waals surface area contributed by atoms with Crippen molar-refractivity contribution in [3.63, 3.8) is 0 Å². The predicted molar refractivity (Wildman–Crippen MR) is 193 cm³/mol. The first-order valence-corrected chi connectivity index (χ1v) is 22.0. The highest BCUT2D eigenvalue weighted by atomic mass is 28.4. The van der Waals surface area contributed by atoms with E-state index in [2.05, 4.69) is 90.8 Å². The van der Waals surface area contributed by atoms with Crippen molar-refractivity contribution in [1.82, 2.24) is 5.32 Å². The van der Waals surface area contributed by atoms with Gasteiger partial charge in [-0.1, -0.05) is 109 Å². The van der Waals surface area contributed by atoms with Crippen LogP contribution in [-0.4, -0.2) is 65.9 Å². The van der Waals surface area contributed by atoms with Gasteiger partial charge in [0.15, 0.2) is 14.1 Å². The van der Waals surface area contributed by atoms with Crippen LogP contribution in [0.1, 0.15) is 68.2 Å². The average molecular weight is 694 g/mol. The van der Waals surface area contributed by atoms with Crippen molar-refractivity contribution in [2.24, 2.45) is 11.3 Å². The fraction of sp³-hybridized carbons (Fsp3) is 0.579. The Morgan fingerprint density at radius 1 is 0.896 bits per heavy atom. The molecule has 3 aliphatic rings. The van der Waals surface area contributed by atoms with E-state index in [9.17, 15) is 9.59 Å². The Morgan fingerprint density at radius 3 is 1.98 bits per heavy atom. The van der Waals surface area contributed by atoms with Gasteiger partial charge in [0, 0.05) is 24.2 Å². The fourth-order valence-corrected chi connectivity index (χ4v) is 12.6. The summed E-state index contributed by atoms with van der Waals surface area (Å²) >= 11 is 0. The van der Waals surface area contributed by atoms with E-state index in [-0.39, 0.29) is 47.5 Å². The van der Waals surface area contributed by atoms with E-state index in [1.54, 1.807) is 0 Å². The summed E-state index contributed by atoms with van der Waals surface area (Å²) in [5.41, 5.74) is -0.286. The van der Waals surface area contributed by atoms with Crippen LogP contribution in [0, 0.1) is 11.3 Å². The summed E-state index contributed by atoms with van der Waals surface area (Å²) in [4.78, 5) is 27.9. The van der Waals surface area contributed by atoms with Crippen LogP contribution in [0.25, 0.3) is 0 Å². The molecule has 262 valence electrons. The molecule has 2 aromatic rings. The number of Topliss-reactive ketones (excluding diaryl/α,β-unsaturated/α-hetero) is 1. The maximum absolute atomic E-state index is 14.5. The number of hydrogen-bond donors (Lipinski definition) is 1. The largest absolute Gasteiger partial charge is 0.413 e. The van der Waals surface area contributed by atoms with Crippen LogP contribution >= 0.6 is 0 Å². The summed E-state index contributed by atoms with van der Waals surface area (Å²) in [5.74, 6) is -2.06. The molecule has 0 spiro atoms. The zero-order chi connectivity index (χ0) is 35.3. The molecule has 0 unspecified atom stereocenters. The number of ether oxygens (including phenoxy) is 3. The number of carbonyl (C=O) groups excluding carboxylic acids is 2. The van der Waals surface area contributed by atoms with Crippen LogP contribution in [0.5, 0.6) is 0 Å². The van der Waals surface area contributed by atoms with Crippen LogP contribution in [0.4, 0.5) is 0 Å². The minimum atomic E-state index is -3.19. The molecule has 5 rings (SSSR count). The molecule has 0 radical (unpaired) electrons. The quantitative estimate of drug-likeness (QED) is 0.239. The molecular weight excluding hydrogens is 639 g/mol. The van der Waals surface area contributed by atoms with Gasteiger partial charge in [0.1, 0.15) is 19.0 Å². The van der Waals surface area contributed by atoms with Gasteiger partial charge in [-0.15, -0.1) is 0 Å². The number of ketones is 1. The third-order valence-electron chi connectivity index (χ3n) is 11.1. The zero-order valence-corrected chi connectivity index (χ0v) is 32.5. The summed E-state index contributed by atoms with van der Waals surface area (Å²) in [7, 11) is -5.27. The molecule has 2 aromatic carbocycles. The number of rotatable bonds is 10. The van der Waals surface area contributed by atoms with Gasteiger partial charge in [0.05, 0.1) is 12.7 Å². The van der Waals surface area contributed by atoms with E-state index >= 15 is 0 Å². The van der Waals surface area contributed by atoms with Crippen LogP contribution in [0.3, 0.4) is 0 Å². The second-order valence-electron chi connectivity index (χ2n) is 16.8. The number of benzene rings is 2. The lowest BCUT2D eigenvalue weighted by Gasteiger charge is -2.57. The standard InChI is InChI=1S/C38H55NO7Si2/c1-26(24-44-47(10,11)35(2,3)4)37(8,9)34(41)33-32-31(42-25-43-33)27-22-30(40)39-38(23-27,45-32)46-48(36(5,6)7,28-18-14-12-15-19-28)29-20-16-13-17-21-29/h12-21,27,31-33H,1,22-25H2,2-11H3,(H,39,40)/t27-,31-,32+,33-,38-/m0/s1. The van der Waals surface area contributed by atoms with Gasteiger partial charge in [0.2, 0.25) is 11.8 Å². The Kier molecular flexibility index (Phi) is 9.99. The van der Waals surface area contributed by atoms with Gasteiger partial charge in [-0.05, 0) is 53.0 Å². The number of carbonyl (C=O) groups is 2. The molecule has 10 heteroatoms. The molecule has 3 aliphatic heterocycles. The van der Waals surface area contributed by atoms with Crippen LogP contribution in [0.2, 0.25) is 23.2 Å². The molecule has 1 amide bonds. The molecule has 2 bridgehead atoms. The number of hydrogen-bond acceptors (Lipinski definition) is 7. The number of nitrogens with one attached hydrogen (secondary N) is 1. The molecule has 0 aromatic heterocycles. The van der Waals surface area contributed by atoms with Crippen molar-refractivity contribution in [2.75, 3.05) is 13.4 Å². The van der Waals surface area contributed by atoms with Crippen LogP contribution < -0.4 is 15.7 Å². The van der Waals surface area contributed by atoms with Gasteiger partial charge in [0.25, 0.3) is 8.32 Å². The molecule has 3 fully saturated rings. The summed E-state index contributed by atoms with van der Waals surface area (Å²) in [6.45, 7) is 25.8. The Hall–Kier alpha value is -2.45. The minimum Gasteiger partial charge on any atom is -0.413 e. The molecule has 5 atom stereocenters. The predicted octanol–water partition coefficient (Wildman–Crippen LogP) is 6.06. The van der Waals surface area contributed by atoms with Crippen molar-refractivity contribution >= 4 is 38.7 Å². The lowest BCUT2D eigenvalue weighted by atomic mass is 9.74. The second-order valence-corrected chi connectivity index (χ2v) is 25.8. The van der Waals surface area contributed by atoms with Gasteiger partial charge < -0.3 is 28.4 Å². The maximum atomic E-state index is 14.5. The first-order chi connectivity index (χ1) is 22.2. The topological polar surface area (TPSA) is 92.3 Å². The second kappa shape index (κ2) is 13.0. The van der Waals surface area contributed by atoms with Gasteiger partial charge in [-0.2, -0.15) is 0 Å². The van der Waals surface area contributed by atoms with Crippen molar-refractivity contribution in [1.29, 1.82) is 0 Å². The minimum absolute atomic E-state index is 0.0238. The lowest BCUT2D eigenvalue weighted by Crippen LogP contribution is -2.77. The maximum Gasteiger partial charge on any atom is 0.267 e. The van der Waals surface area contributed by atoms with E-state index in [0.717, 1.165) is 10.4 Å². The highest BCUT2D eigenvalue weighted by Crippen LogP contribution is 2.48. The third-order valence-corrected chi connectivity index (χ3v) is 20.7. The molecule has 8 nitrogen and oxygen atoms in total. The molecule has 1 N–H and O–H groups in total. The molecule has 3 heterocycles. The van der Waals surface area contributed by atoms with E-state index < -0.39 is 46.3 Å². The van der Waals surface area contributed by atoms with Crippen molar-refractivity contribution < 1.29 is 32.7 Å². The van der Waals surface area contributed by atoms with Crippen LogP contribution in [0.15, 0.2) is 72.8 Å². The van der Waals surface area contributed by atoms with Gasteiger partial charge in [-0.25, -0.2) is 0 Å². The molecule has 48 heavy (non-hydrogen) atoms. The highest BCUT2D eigenvalue weighted by Gasteiger charge is 2.63. The monoisotopic (exact) mass is 693 g/mol. The zero-order valence-electron chi connectivity index (χ0n) is 30.5. The summed E-state index contributed by atoms with van der Waals surface area (Å²) in [5, 5.41) is 4.90. The Balaban J connectivity index is 1.52. The van der Waals surface area contributed by atoms with Gasteiger partial charge in [-0.3, -0.25) is 9.59 Å². The SMILES string of the molecule is C=C(CO[Si](C)(C)C(C)(C)C)C(C)(C)C(=O)[C@H]1OCO[C@H]2[C@H]3CC(=O)N[C@@](O[Si](c4ccccc4)(c4ccccc4)C(C)(C)C)(C3)O[C@H]21. The molecular formula is C38H55NO7Si2. The number of piperidine rings is 1. The number of fused-ring (bicyclic) bond motifs is 4. The summed E-state index contributed by atoms with van der Waals surface area (Å²) in [6.07, 6.45) is -1.64. The lowest BCUT2D eigenvalue weighted by molar-refractivity contribution is -0.354. The van der Waals surface area contributed by atoms with Crippen molar-refractivity contribution in [3.05, 3.63) is 72.8 Å². The average Bonchev–Trinajstić information content (AvgIpc) is 3.01. The smallest absolute Gasteiger partial charge is 0.267 e. The van der Waals surface area contributed by atoms with E-state index in [1.807, 2.05) is 50.2 Å². The van der Waals surface area contributed by atoms with Crippen molar-refractivity contribution in [3.8, 4) is 0 Å². The first kappa shape index (κ1) is 36.8. The Morgan fingerprint density at radius 2 is 1.46 bits per heavy atom. The first-order valence-electron chi connectivity index (χ1n) is 17.1. The van der Waals surface area contributed by atoms with Gasteiger partial charge >= 0.3 is 0 Å². The van der Waals surface area contributed by atoms with Crippen molar-refractivity contribution in [2.45, 2.75) is 116 Å². The third kappa shape index (κ3) is 6.69.